The van der Waals surface area contributed by atoms with E-state index < -0.39 is 0 Å². The van der Waals surface area contributed by atoms with Gasteiger partial charge in [-0.15, -0.1) is 11.3 Å². The van der Waals surface area contributed by atoms with E-state index in [1.165, 1.54) is 11.3 Å². The molecule has 1 aromatic heterocycles. The van der Waals surface area contributed by atoms with Gasteiger partial charge in [-0.05, 0) is 43.2 Å². The van der Waals surface area contributed by atoms with Crippen molar-refractivity contribution in [2.75, 3.05) is 16.8 Å². The van der Waals surface area contributed by atoms with Gasteiger partial charge in [-0.3, -0.25) is 14.9 Å². The fourth-order valence-corrected chi connectivity index (χ4v) is 4.15. The minimum absolute atomic E-state index is 0.154. The van der Waals surface area contributed by atoms with E-state index in [0.717, 1.165) is 41.0 Å². The fourth-order valence-electron chi connectivity index (χ4n) is 3.43. The molecule has 1 aliphatic rings. The number of anilines is 2. The van der Waals surface area contributed by atoms with E-state index in [-0.39, 0.29) is 11.8 Å². The second kappa shape index (κ2) is 7.56. The quantitative estimate of drug-likeness (QED) is 0.703. The summed E-state index contributed by atoms with van der Waals surface area (Å²) in [5.41, 5.74) is 5.65. The lowest BCUT2D eigenvalue weighted by Gasteiger charge is -2.16. The number of amides is 2. The van der Waals surface area contributed by atoms with Crippen molar-refractivity contribution in [1.29, 1.82) is 0 Å². The zero-order chi connectivity index (χ0) is 19.7. The van der Waals surface area contributed by atoms with Crippen LogP contribution in [0.4, 0.5) is 10.8 Å². The average Bonchev–Trinajstić information content (AvgIpc) is 3.33. The number of nitrogens with one attached hydrogen (secondary N) is 1. The lowest BCUT2D eigenvalue weighted by Crippen LogP contribution is -2.27. The molecule has 3 aromatic rings. The maximum atomic E-state index is 12.4. The Balaban J connectivity index is 1.52. The fraction of sp³-hybridized carbons (Fsp3) is 0.227. The number of rotatable bonds is 4. The summed E-state index contributed by atoms with van der Waals surface area (Å²) in [5.74, 6) is -0.00595. The lowest BCUT2D eigenvalue weighted by molar-refractivity contribution is -0.118. The van der Waals surface area contributed by atoms with Crippen LogP contribution in [-0.2, 0) is 11.2 Å². The third kappa shape index (κ3) is 3.55. The zero-order valence-electron chi connectivity index (χ0n) is 15.9. The lowest BCUT2D eigenvalue weighted by atomic mass is 10.1. The van der Waals surface area contributed by atoms with Gasteiger partial charge in [-0.25, -0.2) is 4.98 Å². The first-order valence-corrected chi connectivity index (χ1v) is 10.2. The molecule has 4 rings (SSSR count). The third-order valence-corrected chi connectivity index (χ3v) is 5.64. The number of nitrogens with zero attached hydrogens (tertiary/aromatic N) is 2. The number of fused-ring (bicyclic) bond motifs is 1. The molecule has 1 aliphatic heterocycles. The van der Waals surface area contributed by atoms with Crippen LogP contribution in [0, 0.1) is 6.92 Å². The van der Waals surface area contributed by atoms with E-state index in [1.807, 2.05) is 54.5 Å². The summed E-state index contributed by atoms with van der Waals surface area (Å²) >= 11 is 1.41. The van der Waals surface area contributed by atoms with Gasteiger partial charge in [0.15, 0.2) is 5.13 Å². The Morgan fingerprint density at radius 3 is 2.86 bits per heavy atom. The minimum atomic E-state index is -0.160. The highest BCUT2D eigenvalue weighted by molar-refractivity contribution is 7.14. The van der Waals surface area contributed by atoms with Gasteiger partial charge in [0, 0.05) is 35.2 Å². The molecule has 0 radical (unpaired) electrons. The van der Waals surface area contributed by atoms with Crippen molar-refractivity contribution in [3.8, 4) is 11.3 Å². The molecule has 6 heteroatoms. The summed E-state index contributed by atoms with van der Waals surface area (Å²) in [7, 11) is 0. The molecule has 142 valence electrons. The second-order valence-corrected chi connectivity index (χ2v) is 7.71. The molecule has 0 aliphatic carbocycles. The Morgan fingerprint density at radius 1 is 1.21 bits per heavy atom. The number of thiazole rings is 1. The maximum Gasteiger partial charge on any atom is 0.257 e. The summed E-state index contributed by atoms with van der Waals surface area (Å²) in [6.45, 7) is 4.58. The van der Waals surface area contributed by atoms with Crippen molar-refractivity contribution in [2.45, 2.75) is 26.7 Å². The molecule has 2 aromatic carbocycles. The predicted molar refractivity (Wildman–Crippen MR) is 113 cm³/mol. The summed E-state index contributed by atoms with van der Waals surface area (Å²) in [4.78, 5) is 30.9. The van der Waals surface area contributed by atoms with Gasteiger partial charge in [-0.1, -0.05) is 30.7 Å². The van der Waals surface area contributed by atoms with Gasteiger partial charge in [0.05, 0.1) is 5.69 Å². The van der Waals surface area contributed by atoms with Crippen molar-refractivity contribution in [2.24, 2.45) is 0 Å². The first-order valence-electron chi connectivity index (χ1n) is 9.32. The maximum absolute atomic E-state index is 12.4. The molecule has 0 atom stereocenters. The van der Waals surface area contributed by atoms with Crippen molar-refractivity contribution in [3.63, 3.8) is 0 Å². The van der Waals surface area contributed by atoms with Gasteiger partial charge in [0.1, 0.15) is 0 Å². The van der Waals surface area contributed by atoms with Crippen LogP contribution in [0.15, 0.2) is 47.8 Å². The minimum Gasteiger partial charge on any atom is -0.312 e. The third-order valence-electron chi connectivity index (χ3n) is 4.88. The van der Waals surface area contributed by atoms with E-state index in [9.17, 15) is 9.59 Å². The van der Waals surface area contributed by atoms with Gasteiger partial charge in [0.25, 0.3) is 5.91 Å². The molecule has 2 heterocycles. The van der Waals surface area contributed by atoms with Gasteiger partial charge in [0.2, 0.25) is 5.91 Å². The van der Waals surface area contributed by atoms with Crippen molar-refractivity contribution < 1.29 is 9.59 Å². The van der Waals surface area contributed by atoms with Crippen molar-refractivity contribution in [1.82, 2.24) is 4.98 Å². The summed E-state index contributed by atoms with van der Waals surface area (Å²) in [6, 6.07) is 13.6. The average molecular weight is 391 g/mol. The number of benzene rings is 2. The molecular weight excluding hydrogens is 370 g/mol. The molecule has 28 heavy (non-hydrogen) atoms. The first kappa shape index (κ1) is 18.4. The Bertz CT molecular complexity index is 1060. The first-order chi connectivity index (χ1) is 13.5. The molecule has 2 amide bonds. The van der Waals surface area contributed by atoms with Crippen LogP contribution < -0.4 is 10.2 Å². The van der Waals surface area contributed by atoms with E-state index in [4.69, 9.17) is 0 Å². The Morgan fingerprint density at radius 2 is 2.07 bits per heavy atom. The molecule has 0 bridgehead atoms. The molecule has 0 fully saturated rings. The van der Waals surface area contributed by atoms with Crippen LogP contribution in [0.5, 0.6) is 0 Å². The Kier molecular flexibility index (Phi) is 4.96. The molecule has 0 spiro atoms. The molecule has 0 unspecified atom stereocenters. The standard InChI is InChI=1S/C22H21N3O2S/c1-3-20(26)25-10-9-16-12-15(7-8-19(16)25)18-13-28-22(23-18)24-21(27)17-6-4-5-14(2)11-17/h4-8,11-13H,3,9-10H2,1-2H3,(H,23,24,27). The zero-order valence-corrected chi connectivity index (χ0v) is 16.7. The molecule has 0 saturated heterocycles. The SMILES string of the molecule is CCC(=O)N1CCc2cc(-c3csc(NC(=O)c4cccc(C)c4)n3)ccc21. The highest BCUT2D eigenvalue weighted by Gasteiger charge is 2.24. The van der Waals surface area contributed by atoms with E-state index in [0.29, 0.717) is 17.1 Å². The normalized spacial score (nSPS) is 12.7. The highest BCUT2D eigenvalue weighted by Crippen LogP contribution is 2.33. The number of aryl methyl sites for hydroxylation is 1. The molecule has 0 saturated carbocycles. The number of aromatic nitrogens is 1. The summed E-state index contributed by atoms with van der Waals surface area (Å²) in [6.07, 6.45) is 1.37. The Hall–Kier alpha value is -2.99. The van der Waals surface area contributed by atoms with Gasteiger partial charge in [-0.2, -0.15) is 0 Å². The number of hydrogen-bond acceptors (Lipinski definition) is 4. The van der Waals surface area contributed by atoms with Crippen LogP contribution in [0.1, 0.15) is 34.8 Å². The Labute approximate surface area is 168 Å². The highest BCUT2D eigenvalue weighted by atomic mass is 32.1. The van der Waals surface area contributed by atoms with Crippen molar-refractivity contribution in [3.05, 3.63) is 64.5 Å². The second-order valence-electron chi connectivity index (χ2n) is 6.85. The number of carbonyl (C=O) groups excluding carboxylic acids is 2. The molecule has 5 nitrogen and oxygen atoms in total. The summed E-state index contributed by atoms with van der Waals surface area (Å²) in [5, 5.41) is 5.39. The number of carbonyl (C=O) groups is 2. The van der Waals surface area contributed by atoms with Crippen LogP contribution in [0.2, 0.25) is 0 Å². The summed E-state index contributed by atoms with van der Waals surface area (Å²) < 4.78 is 0. The topological polar surface area (TPSA) is 62.3 Å². The molecular formula is C22H21N3O2S. The molecule has 1 N–H and O–H groups in total. The van der Waals surface area contributed by atoms with E-state index in [2.05, 4.69) is 16.4 Å². The van der Waals surface area contributed by atoms with E-state index in [1.54, 1.807) is 6.07 Å². The van der Waals surface area contributed by atoms with Crippen LogP contribution >= 0.6 is 11.3 Å². The van der Waals surface area contributed by atoms with Crippen LogP contribution in [-0.4, -0.2) is 23.3 Å². The number of hydrogen-bond donors (Lipinski definition) is 1. The predicted octanol–water partition coefficient (Wildman–Crippen LogP) is 4.67. The van der Waals surface area contributed by atoms with Crippen LogP contribution in [0.3, 0.4) is 0 Å². The smallest absolute Gasteiger partial charge is 0.257 e. The van der Waals surface area contributed by atoms with E-state index >= 15 is 0 Å². The van der Waals surface area contributed by atoms with Gasteiger partial charge < -0.3 is 4.90 Å². The monoisotopic (exact) mass is 391 g/mol. The van der Waals surface area contributed by atoms with Crippen LogP contribution in [0.25, 0.3) is 11.3 Å². The van der Waals surface area contributed by atoms with Gasteiger partial charge >= 0.3 is 0 Å². The van der Waals surface area contributed by atoms with Crippen molar-refractivity contribution >= 4 is 34.0 Å². The largest absolute Gasteiger partial charge is 0.312 e.